The van der Waals surface area contributed by atoms with Crippen LogP contribution in [0.25, 0.3) is 10.8 Å². The molecule has 0 aliphatic heterocycles. The first-order valence-electron chi connectivity index (χ1n) is 6.40. The van der Waals surface area contributed by atoms with Gasteiger partial charge in [0.2, 0.25) is 0 Å². The fourth-order valence-electron chi connectivity index (χ4n) is 2.09. The second kappa shape index (κ2) is 5.96. The Morgan fingerprint density at radius 1 is 1.40 bits per heavy atom. The monoisotopic (exact) mass is 287 g/mol. The molecule has 0 fully saturated rings. The van der Waals surface area contributed by atoms with Gasteiger partial charge in [-0.25, -0.2) is 0 Å². The summed E-state index contributed by atoms with van der Waals surface area (Å²) in [6.45, 7) is 1.92. The van der Waals surface area contributed by atoms with Crippen LogP contribution in [-0.2, 0) is 0 Å². The lowest BCUT2D eigenvalue weighted by Gasteiger charge is -2.24. The van der Waals surface area contributed by atoms with Crippen LogP contribution in [0.3, 0.4) is 0 Å². The van der Waals surface area contributed by atoms with Gasteiger partial charge >= 0.3 is 0 Å². The molecule has 0 aliphatic carbocycles. The van der Waals surface area contributed by atoms with Gasteiger partial charge in [-0.3, -0.25) is 9.78 Å². The molecule has 1 aromatic heterocycles. The highest BCUT2D eigenvalue weighted by Crippen LogP contribution is 2.18. The van der Waals surface area contributed by atoms with Crippen molar-refractivity contribution in [1.82, 2.24) is 9.88 Å². The largest absolute Gasteiger partial charge is 0.393 e. The lowest BCUT2D eigenvalue weighted by molar-refractivity contribution is 0.0744. The zero-order chi connectivity index (χ0) is 14.7. The van der Waals surface area contributed by atoms with Gasteiger partial charge in [-0.15, -0.1) is 0 Å². The van der Waals surface area contributed by atoms with E-state index < -0.39 is 0 Å². The standard InChI is InChI=1S/C15H17N3OS/c1-10(9-13(16)20)18(2)15(19)14-12-6-4-3-5-11(12)7-8-17-14/h3-8,10H,9H2,1-2H3,(H2,16,20). The minimum atomic E-state index is -0.120. The van der Waals surface area contributed by atoms with Crippen LogP contribution in [0.5, 0.6) is 0 Å². The van der Waals surface area contributed by atoms with E-state index in [4.69, 9.17) is 18.0 Å². The fourth-order valence-corrected chi connectivity index (χ4v) is 2.33. The van der Waals surface area contributed by atoms with Crippen molar-refractivity contribution < 1.29 is 4.79 Å². The van der Waals surface area contributed by atoms with Crippen LogP contribution in [0.4, 0.5) is 0 Å². The number of pyridine rings is 1. The highest BCUT2D eigenvalue weighted by Gasteiger charge is 2.20. The van der Waals surface area contributed by atoms with Crippen LogP contribution < -0.4 is 5.73 Å². The van der Waals surface area contributed by atoms with Gasteiger partial charge in [0.1, 0.15) is 5.69 Å². The highest BCUT2D eigenvalue weighted by molar-refractivity contribution is 7.80. The van der Waals surface area contributed by atoms with Crippen LogP contribution in [0.15, 0.2) is 36.5 Å². The Morgan fingerprint density at radius 3 is 2.80 bits per heavy atom. The summed E-state index contributed by atoms with van der Waals surface area (Å²) in [4.78, 5) is 18.8. The maximum Gasteiger partial charge on any atom is 0.273 e. The molecule has 1 atom stereocenters. The van der Waals surface area contributed by atoms with Gasteiger partial charge < -0.3 is 10.6 Å². The number of thiocarbonyl (C=S) groups is 1. The molecule has 0 radical (unpaired) electrons. The predicted octanol–water partition coefficient (Wildman–Crippen LogP) is 2.37. The number of fused-ring (bicyclic) bond motifs is 1. The van der Waals surface area contributed by atoms with Crippen molar-refractivity contribution in [1.29, 1.82) is 0 Å². The number of amides is 1. The third-order valence-corrected chi connectivity index (χ3v) is 3.52. The topological polar surface area (TPSA) is 59.2 Å². The van der Waals surface area contributed by atoms with Crippen LogP contribution in [0.1, 0.15) is 23.8 Å². The smallest absolute Gasteiger partial charge is 0.273 e. The van der Waals surface area contributed by atoms with Gasteiger partial charge in [-0.1, -0.05) is 36.5 Å². The number of nitrogens with zero attached hydrogens (tertiary/aromatic N) is 2. The molecule has 1 aromatic carbocycles. The average Bonchev–Trinajstić information content (AvgIpc) is 2.44. The molecule has 0 saturated heterocycles. The number of aromatic nitrogens is 1. The van der Waals surface area contributed by atoms with Gasteiger partial charge in [0.15, 0.2) is 0 Å². The Balaban J connectivity index is 2.34. The molecule has 104 valence electrons. The fraction of sp³-hybridized carbons (Fsp3) is 0.267. The summed E-state index contributed by atoms with van der Waals surface area (Å²) in [5, 5.41) is 1.86. The molecule has 0 bridgehead atoms. The highest BCUT2D eigenvalue weighted by atomic mass is 32.1. The molecule has 0 saturated carbocycles. The Bertz CT molecular complexity index is 651. The summed E-state index contributed by atoms with van der Waals surface area (Å²) in [6, 6.07) is 9.55. The van der Waals surface area contributed by atoms with E-state index in [0.29, 0.717) is 17.1 Å². The van der Waals surface area contributed by atoms with Gasteiger partial charge in [0, 0.05) is 31.1 Å². The number of carbonyl (C=O) groups is 1. The Labute approximate surface area is 123 Å². The van der Waals surface area contributed by atoms with Gasteiger partial charge in [-0.2, -0.15) is 0 Å². The van der Waals surface area contributed by atoms with E-state index in [1.807, 2.05) is 37.3 Å². The summed E-state index contributed by atoms with van der Waals surface area (Å²) in [6.07, 6.45) is 2.16. The second-order valence-electron chi connectivity index (χ2n) is 4.82. The quantitative estimate of drug-likeness (QED) is 0.877. The zero-order valence-electron chi connectivity index (χ0n) is 11.5. The van der Waals surface area contributed by atoms with Gasteiger partial charge in [0.25, 0.3) is 5.91 Å². The Morgan fingerprint density at radius 2 is 2.10 bits per heavy atom. The summed E-state index contributed by atoms with van der Waals surface area (Å²) in [5.74, 6) is -0.120. The van der Waals surface area contributed by atoms with Crippen molar-refractivity contribution in [3.8, 4) is 0 Å². The molecule has 2 N–H and O–H groups in total. The third kappa shape index (κ3) is 2.93. The second-order valence-corrected chi connectivity index (χ2v) is 5.34. The van der Waals surface area contributed by atoms with Crippen LogP contribution in [0, 0.1) is 0 Å². The normalized spacial score (nSPS) is 12.1. The Hall–Kier alpha value is -2.01. The molecule has 1 unspecified atom stereocenters. The third-order valence-electron chi connectivity index (χ3n) is 3.35. The van der Waals surface area contributed by atoms with Crippen molar-refractivity contribution >= 4 is 33.9 Å². The number of carbonyl (C=O) groups excluding carboxylic acids is 1. The molecule has 4 nitrogen and oxygen atoms in total. The first kappa shape index (κ1) is 14.4. The molecule has 1 amide bonds. The van der Waals surface area contributed by atoms with Crippen LogP contribution >= 0.6 is 12.2 Å². The van der Waals surface area contributed by atoms with Gasteiger partial charge in [-0.05, 0) is 18.4 Å². The van der Waals surface area contributed by atoms with E-state index >= 15 is 0 Å². The molecule has 20 heavy (non-hydrogen) atoms. The maximum atomic E-state index is 12.6. The summed E-state index contributed by atoms with van der Waals surface area (Å²) < 4.78 is 0. The summed E-state index contributed by atoms with van der Waals surface area (Å²) in [7, 11) is 1.74. The van der Waals surface area contributed by atoms with E-state index in [2.05, 4.69) is 4.98 Å². The molecule has 0 spiro atoms. The SMILES string of the molecule is CC(CC(N)=S)N(C)C(=O)c1nccc2ccccc12. The maximum absolute atomic E-state index is 12.6. The molecule has 2 aromatic rings. The van der Waals surface area contributed by atoms with E-state index in [1.165, 1.54) is 0 Å². The zero-order valence-corrected chi connectivity index (χ0v) is 12.4. The van der Waals surface area contributed by atoms with Crippen molar-refractivity contribution in [2.24, 2.45) is 5.73 Å². The summed E-state index contributed by atoms with van der Waals surface area (Å²) >= 11 is 4.90. The number of hydrogen-bond donors (Lipinski definition) is 1. The molecule has 5 heteroatoms. The number of nitrogens with two attached hydrogens (primary N) is 1. The molecule has 0 aliphatic rings. The van der Waals surface area contributed by atoms with Crippen molar-refractivity contribution in [3.63, 3.8) is 0 Å². The predicted molar refractivity (Wildman–Crippen MR) is 84.7 cm³/mol. The Kier molecular flexibility index (Phi) is 4.29. The van der Waals surface area contributed by atoms with Crippen molar-refractivity contribution in [3.05, 3.63) is 42.2 Å². The van der Waals surface area contributed by atoms with Crippen molar-refractivity contribution in [2.75, 3.05) is 7.05 Å². The first-order valence-corrected chi connectivity index (χ1v) is 6.80. The average molecular weight is 287 g/mol. The van der Waals surface area contributed by atoms with Crippen LogP contribution in [-0.4, -0.2) is 33.9 Å². The van der Waals surface area contributed by atoms with Crippen molar-refractivity contribution in [2.45, 2.75) is 19.4 Å². The van der Waals surface area contributed by atoms with Gasteiger partial charge in [0.05, 0.1) is 4.99 Å². The lowest BCUT2D eigenvalue weighted by atomic mass is 10.1. The van der Waals surface area contributed by atoms with E-state index in [0.717, 1.165) is 10.8 Å². The minimum absolute atomic E-state index is 0.0548. The number of benzene rings is 1. The number of hydrogen-bond acceptors (Lipinski definition) is 3. The van der Waals surface area contributed by atoms with E-state index in [1.54, 1.807) is 18.1 Å². The summed E-state index contributed by atoms with van der Waals surface area (Å²) in [5.41, 5.74) is 6.00. The lowest BCUT2D eigenvalue weighted by Crippen LogP contribution is -2.37. The van der Waals surface area contributed by atoms with E-state index in [9.17, 15) is 4.79 Å². The van der Waals surface area contributed by atoms with Crippen LogP contribution in [0.2, 0.25) is 0 Å². The number of rotatable bonds is 4. The van der Waals surface area contributed by atoms with E-state index in [-0.39, 0.29) is 11.9 Å². The molecule has 2 rings (SSSR count). The molecular formula is C15H17N3OS. The molecule has 1 heterocycles. The molecular weight excluding hydrogens is 270 g/mol. The first-order chi connectivity index (χ1) is 9.50. The minimum Gasteiger partial charge on any atom is -0.393 e.